The Kier molecular flexibility index (Phi) is 7.56. The lowest BCUT2D eigenvalue weighted by molar-refractivity contribution is -0.151. The minimum atomic E-state index is -0.700. The van der Waals surface area contributed by atoms with Gasteiger partial charge in [0, 0.05) is 0 Å². The molecule has 14 heavy (non-hydrogen) atoms. The van der Waals surface area contributed by atoms with E-state index in [1.165, 1.54) is 0 Å². The summed E-state index contributed by atoms with van der Waals surface area (Å²) in [7, 11) is 3.67. The maximum absolute atomic E-state index is 11.0. The molecule has 1 aliphatic rings. The molecule has 0 radical (unpaired) electrons. The Balaban J connectivity index is 0. The number of likely N-dealkylation sites (N-methyl/N-ethyl adjacent to an activating group) is 1. The van der Waals surface area contributed by atoms with Crippen LogP contribution in [-0.2, 0) is 4.79 Å². The largest absolute Gasteiger partial charge is 0.480 e. The maximum atomic E-state index is 11.0. The van der Waals surface area contributed by atoms with Gasteiger partial charge in [-0.3, -0.25) is 9.69 Å². The van der Waals surface area contributed by atoms with E-state index in [2.05, 4.69) is 5.32 Å². The molecule has 0 saturated carbocycles. The highest BCUT2D eigenvalue weighted by atomic mass is 35.5. The van der Waals surface area contributed by atoms with E-state index in [1.807, 2.05) is 19.0 Å². The van der Waals surface area contributed by atoms with E-state index in [-0.39, 0.29) is 24.8 Å². The van der Waals surface area contributed by atoms with Gasteiger partial charge in [-0.1, -0.05) is 0 Å². The molecule has 0 amide bonds. The van der Waals surface area contributed by atoms with E-state index in [0.717, 1.165) is 13.1 Å². The number of hydrogen-bond acceptors (Lipinski definition) is 3. The third-order valence-corrected chi connectivity index (χ3v) is 2.68. The van der Waals surface area contributed by atoms with Gasteiger partial charge in [0.1, 0.15) is 5.54 Å². The van der Waals surface area contributed by atoms with Crippen molar-refractivity contribution >= 4 is 30.8 Å². The highest BCUT2D eigenvalue weighted by Gasteiger charge is 2.41. The van der Waals surface area contributed by atoms with Crippen molar-refractivity contribution in [3.63, 3.8) is 0 Å². The number of carboxylic acids is 1. The molecule has 1 saturated heterocycles. The Bertz CT molecular complexity index is 182. The predicted octanol–water partition coefficient (Wildman–Crippen LogP) is 0.598. The van der Waals surface area contributed by atoms with Crippen LogP contribution in [-0.4, -0.2) is 48.7 Å². The molecule has 1 rings (SSSR count). The van der Waals surface area contributed by atoms with Crippen LogP contribution in [0.2, 0.25) is 0 Å². The fraction of sp³-hybridized carbons (Fsp3) is 0.875. The van der Waals surface area contributed by atoms with Crippen LogP contribution in [0.15, 0.2) is 0 Å². The van der Waals surface area contributed by atoms with Gasteiger partial charge in [0.15, 0.2) is 0 Å². The van der Waals surface area contributed by atoms with Crippen molar-refractivity contribution in [3.05, 3.63) is 0 Å². The maximum Gasteiger partial charge on any atom is 0.324 e. The summed E-state index contributed by atoms with van der Waals surface area (Å²) >= 11 is 0. The third kappa shape index (κ3) is 2.98. The second kappa shape index (κ2) is 6.45. The Labute approximate surface area is 96.9 Å². The lowest BCUT2D eigenvalue weighted by atomic mass is 9.87. The number of carbonyl (C=O) groups is 1. The summed E-state index contributed by atoms with van der Waals surface area (Å²) in [6.45, 7) is 1.59. The highest BCUT2D eigenvalue weighted by Crippen LogP contribution is 2.23. The first kappa shape index (κ1) is 16.4. The predicted molar refractivity (Wildman–Crippen MR) is 60.7 cm³/mol. The van der Waals surface area contributed by atoms with Crippen LogP contribution in [0.3, 0.4) is 0 Å². The average Bonchev–Trinajstić information content (AvgIpc) is 2.05. The Hall–Kier alpha value is -0.0300. The van der Waals surface area contributed by atoms with Gasteiger partial charge in [-0.05, 0) is 40.0 Å². The van der Waals surface area contributed by atoms with Crippen LogP contribution >= 0.6 is 24.8 Å². The van der Waals surface area contributed by atoms with E-state index >= 15 is 0 Å². The minimum absolute atomic E-state index is 0. The van der Waals surface area contributed by atoms with Crippen molar-refractivity contribution in [1.82, 2.24) is 10.2 Å². The molecule has 0 aromatic carbocycles. The second-order valence-electron chi connectivity index (χ2n) is 3.48. The number of rotatable bonds is 2. The highest BCUT2D eigenvalue weighted by molar-refractivity contribution is 5.85. The average molecular weight is 245 g/mol. The van der Waals surface area contributed by atoms with Gasteiger partial charge in [0.05, 0.1) is 0 Å². The molecule has 1 heterocycles. The standard InChI is InChI=1S/C8H16N2O2.2ClH/c1-10(2)8(7(11)12)3-5-9-6-4-8;;/h9H,3-6H2,1-2H3,(H,11,12);2*1H. The molecule has 0 bridgehead atoms. The zero-order valence-corrected chi connectivity index (χ0v) is 10.1. The Morgan fingerprint density at radius 3 is 1.93 bits per heavy atom. The van der Waals surface area contributed by atoms with Crippen LogP contribution in [0.25, 0.3) is 0 Å². The number of piperidine rings is 1. The van der Waals surface area contributed by atoms with Crippen molar-refractivity contribution in [2.45, 2.75) is 18.4 Å². The summed E-state index contributed by atoms with van der Waals surface area (Å²) < 4.78 is 0. The number of halogens is 2. The van der Waals surface area contributed by atoms with Gasteiger partial charge in [-0.2, -0.15) is 0 Å². The summed E-state index contributed by atoms with van der Waals surface area (Å²) in [6.07, 6.45) is 1.38. The van der Waals surface area contributed by atoms with Gasteiger partial charge in [-0.25, -0.2) is 0 Å². The lowest BCUT2D eigenvalue weighted by Gasteiger charge is -2.39. The number of aliphatic carboxylic acids is 1. The van der Waals surface area contributed by atoms with Crippen LogP contribution < -0.4 is 5.32 Å². The minimum Gasteiger partial charge on any atom is -0.480 e. The molecule has 0 aromatic rings. The summed E-state index contributed by atoms with van der Waals surface area (Å²) in [6, 6.07) is 0. The Morgan fingerprint density at radius 2 is 1.71 bits per heavy atom. The second-order valence-corrected chi connectivity index (χ2v) is 3.48. The third-order valence-electron chi connectivity index (χ3n) is 2.68. The molecule has 0 aliphatic carbocycles. The Morgan fingerprint density at radius 1 is 1.29 bits per heavy atom. The molecule has 6 heteroatoms. The smallest absolute Gasteiger partial charge is 0.324 e. The fourth-order valence-corrected chi connectivity index (χ4v) is 1.69. The first-order valence-electron chi connectivity index (χ1n) is 4.21. The van der Waals surface area contributed by atoms with Gasteiger partial charge < -0.3 is 10.4 Å². The molecule has 0 atom stereocenters. The quantitative estimate of drug-likeness (QED) is 0.748. The molecule has 0 unspecified atom stereocenters. The molecule has 2 N–H and O–H groups in total. The molecule has 4 nitrogen and oxygen atoms in total. The van der Waals surface area contributed by atoms with E-state index in [0.29, 0.717) is 12.8 Å². The number of nitrogens with one attached hydrogen (secondary N) is 1. The van der Waals surface area contributed by atoms with Crippen molar-refractivity contribution in [2.75, 3.05) is 27.2 Å². The molecule has 1 aliphatic heterocycles. The van der Waals surface area contributed by atoms with Gasteiger partial charge in [-0.15, -0.1) is 24.8 Å². The van der Waals surface area contributed by atoms with Crippen LogP contribution in [0, 0.1) is 0 Å². The summed E-state index contributed by atoms with van der Waals surface area (Å²) in [5, 5.41) is 12.2. The first-order chi connectivity index (χ1) is 5.59. The number of carboxylic acid groups (broad SMARTS) is 1. The van der Waals surface area contributed by atoms with E-state index in [4.69, 9.17) is 5.11 Å². The lowest BCUT2D eigenvalue weighted by Crippen LogP contribution is -2.56. The topological polar surface area (TPSA) is 52.6 Å². The van der Waals surface area contributed by atoms with Crippen LogP contribution in [0.5, 0.6) is 0 Å². The van der Waals surface area contributed by atoms with Crippen molar-refractivity contribution in [1.29, 1.82) is 0 Å². The number of nitrogens with zero attached hydrogens (tertiary/aromatic N) is 1. The van der Waals surface area contributed by atoms with E-state index in [9.17, 15) is 4.79 Å². The van der Waals surface area contributed by atoms with Gasteiger partial charge in [0.2, 0.25) is 0 Å². The normalized spacial score (nSPS) is 19.4. The van der Waals surface area contributed by atoms with Gasteiger partial charge in [0.25, 0.3) is 0 Å². The number of hydrogen-bond donors (Lipinski definition) is 2. The van der Waals surface area contributed by atoms with Gasteiger partial charge >= 0.3 is 5.97 Å². The summed E-state index contributed by atoms with van der Waals surface area (Å²) in [5.74, 6) is -0.700. The fourth-order valence-electron chi connectivity index (χ4n) is 1.69. The van der Waals surface area contributed by atoms with Crippen LogP contribution in [0.1, 0.15) is 12.8 Å². The van der Waals surface area contributed by atoms with E-state index < -0.39 is 11.5 Å². The molecule has 0 aromatic heterocycles. The SMILES string of the molecule is CN(C)C1(C(=O)O)CCNCC1.Cl.Cl. The van der Waals surface area contributed by atoms with Crippen molar-refractivity contribution in [2.24, 2.45) is 0 Å². The molecular weight excluding hydrogens is 227 g/mol. The zero-order chi connectivity index (χ0) is 9.19. The van der Waals surface area contributed by atoms with Crippen molar-refractivity contribution < 1.29 is 9.90 Å². The molecule has 1 fully saturated rings. The molecule has 0 spiro atoms. The monoisotopic (exact) mass is 244 g/mol. The summed E-state index contributed by atoms with van der Waals surface area (Å²) in [5.41, 5.74) is -0.634. The summed E-state index contributed by atoms with van der Waals surface area (Å²) in [4.78, 5) is 12.9. The van der Waals surface area contributed by atoms with E-state index in [1.54, 1.807) is 0 Å². The van der Waals surface area contributed by atoms with Crippen LogP contribution in [0.4, 0.5) is 0 Å². The van der Waals surface area contributed by atoms with Crippen molar-refractivity contribution in [3.8, 4) is 0 Å². The zero-order valence-electron chi connectivity index (χ0n) is 8.45. The molecule has 86 valence electrons. The molecular formula is C8H18Cl2N2O2. The first-order valence-corrected chi connectivity index (χ1v) is 4.21.